The van der Waals surface area contributed by atoms with E-state index in [4.69, 9.17) is 22.1 Å². The summed E-state index contributed by atoms with van der Waals surface area (Å²) in [6.45, 7) is 7.07. The third kappa shape index (κ3) is 4.69. The molecule has 19 heavy (non-hydrogen) atoms. The van der Waals surface area contributed by atoms with Gasteiger partial charge >= 0.3 is 0 Å². The van der Waals surface area contributed by atoms with Crippen molar-refractivity contribution in [1.82, 2.24) is 10.3 Å². The van der Waals surface area contributed by atoms with Crippen LogP contribution >= 0.6 is 11.6 Å². The second-order valence-corrected chi connectivity index (χ2v) is 4.98. The molecule has 0 aliphatic carbocycles. The molecule has 3 N–H and O–H groups in total. The zero-order valence-corrected chi connectivity index (χ0v) is 12.2. The van der Waals surface area contributed by atoms with Crippen LogP contribution in [-0.4, -0.2) is 30.1 Å². The number of rotatable bonds is 6. The number of aromatic nitrogens is 1. The number of pyridine rings is 1. The molecule has 0 radical (unpaired) electrons. The minimum atomic E-state index is -0.229. The average Bonchev–Trinajstić information content (AvgIpc) is 2.37. The van der Waals surface area contributed by atoms with Gasteiger partial charge in [-0.3, -0.25) is 4.79 Å². The summed E-state index contributed by atoms with van der Waals surface area (Å²) in [7, 11) is 0. The molecular weight excluding hydrogens is 266 g/mol. The second kappa shape index (κ2) is 7.31. The van der Waals surface area contributed by atoms with Gasteiger partial charge in [-0.15, -0.1) is 0 Å². The monoisotopic (exact) mass is 285 g/mol. The van der Waals surface area contributed by atoms with Gasteiger partial charge in [0.05, 0.1) is 23.2 Å². The molecule has 0 bridgehead atoms. The summed E-state index contributed by atoms with van der Waals surface area (Å²) >= 11 is 5.85. The minimum absolute atomic E-state index is 0.0521. The number of amides is 1. The lowest BCUT2D eigenvalue weighted by molar-refractivity contribution is 0.0806. The number of nitrogen functional groups attached to an aromatic ring is 1. The van der Waals surface area contributed by atoms with Crippen LogP contribution < -0.4 is 11.1 Å². The van der Waals surface area contributed by atoms with Gasteiger partial charge in [-0.05, 0) is 18.9 Å². The van der Waals surface area contributed by atoms with Crippen molar-refractivity contribution in [2.75, 3.05) is 18.9 Å². The largest absolute Gasteiger partial charge is 0.382 e. The highest BCUT2D eigenvalue weighted by Gasteiger charge is 2.18. The highest BCUT2D eigenvalue weighted by molar-refractivity contribution is 6.33. The molecule has 1 aromatic heterocycles. The van der Waals surface area contributed by atoms with Gasteiger partial charge in [-0.2, -0.15) is 0 Å². The van der Waals surface area contributed by atoms with Crippen molar-refractivity contribution >= 4 is 23.3 Å². The molecule has 106 valence electrons. The lowest BCUT2D eigenvalue weighted by Gasteiger charge is -2.22. The van der Waals surface area contributed by atoms with E-state index < -0.39 is 0 Å². The van der Waals surface area contributed by atoms with Crippen LogP contribution in [0.3, 0.4) is 0 Å². The number of halogens is 1. The van der Waals surface area contributed by atoms with Crippen LogP contribution in [0.2, 0.25) is 5.02 Å². The van der Waals surface area contributed by atoms with Gasteiger partial charge in [-0.25, -0.2) is 4.98 Å². The quantitative estimate of drug-likeness (QED) is 0.839. The standard InChI is InChI=1S/C13H20ClN3O2/c1-4-19-7-11(8(2)3)17-13(18)9-5-10(14)12(15)16-6-9/h5-6,8,11H,4,7H2,1-3H3,(H2,15,16)(H,17,18). The van der Waals surface area contributed by atoms with Gasteiger partial charge < -0.3 is 15.8 Å². The molecule has 1 rings (SSSR count). The van der Waals surface area contributed by atoms with Crippen molar-refractivity contribution in [2.45, 2.75) is 26.8 Å². The molecule has 0 fully saturated rings. The molecule has 0 saturated heterocycles. The van der Waals surface area contributed by atoms with E-state index in [1.54, 1.807) is 0 Å². The molecule has 0 aliphatic rings. The zero-order chi connectivity index (χ0) is 14.4. The molecule has 0 aromatic carbocycles. The van der Waals surface area contributed by atoms with E-state index in [-0.39, 0.29) is 28.7 Å². The minimum Gasteiger partial charge on any atom is -0.382 e. The van der Waals surface area contributed by atoms with E-state index in [1.807, 2.05) is 20.8 Å². The summed E-state index contributed by atoms with van der Waals surface area (Å²) in [5.41, 5.74) is 5.90. The summed E-state index contributed by atoms with van der Waals surface area (Å²) < 4.78 is 5.36. The molecule has 0 aliphatic heterocycles. The summed E-state index contributed by atoms with van der Waals surface area (Å²) in [5, 5.41) is 3.19. The van der Waals surface area contributed by atoms with Crippen molar-refractivity contribution in [2.24, 2.45) is 5.92 Å². The summed E-state index contributed by atoms with van der Waals surface area (Å²) in [5.74, 6) is 0.258. The Bertz CT molecular complexity index is 438. The van der Waals surface area contributed by atoms with Crippen molar-refractivity contribution in [3.05, 3.63) is 22.8 Å². The third-order valence-electron chi connectivity index (χ3n) is 2.75. The Hall–Kier alpha value is -1.33. The molecular formula is C13H20ClN3O2. The Morgan fingerprint density at radius 3 is 2.79 bits per heavy atom. The van der Waals surface area contributed by atoms with Gasteiger partial charge in [0.25, 0.3) is 5.91 Å². The number of ether oxygens (including phenoxy) is 1. The summed E-state index contributed by atoms with van der Waals surface area (Å²) in [6.07, 6.45) is 1.41. The van der Waals surface area contributed by atoms with Crippen LogP contribution in [0.1, 0.15) is 31.1 Å². The van der Waals surface area contributed by atoms with Gasteiger partial charge in [0.2, 0.25) is 0 Å². The zero-order valence-electron chi connectivity index (χ0n) is 11.4. The van der Waals surface area contributed by atoms with Crippen molar-refractivity contribution < 1.29 is 9.53 Å². The Balaban J connectivity index is 2.73. The van der Waals surface area contributed by atoms with Crippen molar-refractivity contribution in [3.8, 4) is 0 Å². The number of hydrogen-bond acceptors (Lipinski definition) is 4. The molecule has 6 heteroatoms. The van der Waals surface area contributed by atoms with Gasteiger partial charge in [-0.1, -0.05) is 25.4 Å². The maximum Gasteiger partial charge on any atom is 0.253 e. The maximum atomic E-state index is 12.1. The van der Waals surface area contributed by atoms with E-state index in [2.05, 4.69) is 10.3 Å². The van der Waals surface area contributed by atoms with E-state index in [1.165, 1.54) is 12.3 Å². The predicted molar refractivity (Wildman–Crippen MR) is 76.2 cm³/mol. The Labute approximate surface area is 118 Å². The molecule has 1 amide bonds. The molecule has 1 unspecified atom stereocenters. The Kier molecular flexibility index (Phi) is 6.05. The normalized spacial score (nSPS) is 12.5. The molecule has 1 heterocycles. The molecule has 0 saturated carbocycles. The lowest BCUT2D eigenvalue weighted by atomic mass is 10.0. The molecule has 1 aromatic rings. The number of carbonyl (C=O) groups excluding carboxylic acids is 1. The fourth-order valence-electron chi connectivity index (χ4n) is 1.47. The highest BCUT2D eigenvalue weighted by atomic mass is 35.5. The number of carbonyl (C=O) groups is 1. The average molecular weight is 286 g/mol. The molecule has 1 atom stereocenters. The Morgan fingerprint density at radius 1 is 1.58 bits per heavy atom. The SMILES string of the molecule is CCOCC(NC(=O)c1cnc(N)c(Cl)c1)C(C)C. The fraction of sp³-hybridized carbons (Fsp3) is 0.538. The third-order valence-corrected chi connectivity index (χ3v) is 3.06. The van der Waals surface area contributed by atoms with Crippen LogP contribution in [0.25, 0.3) is 0 Å². The topological polar surface area (TPSA) is 77.2 Å². The lowest BCUT2D eigenvalue weighted by Crippen LogP contribution is -2.42. The summed E-state index contributed by atoms with van der Waals surface area (Å²) in [6, 6.07) is 1.46. The second-order valence-electron chi connectivity index (χ2n) is 4.57. The van der Waals surface area contributed by atoms with E-state index >= 15 is 0 Å². The van der Waals surface area contributed by atoms with Crippen LogP contribution in [0.4, 0.5) is 5.82 Å². The predicted octanol–water partition coefficient (Wildman–Crippen LogP) is 2.11. The van der Waals surface area contributed by atoms with Gasteiger partial charge in [0, 0.05) is 12.8 Å². The van der Waals surface area contributed by atoms with Gasteiger partial charge in [0.1, 0.15) is 5.82 Å². The van der Waals surface area contributed by atoms with Crippen LogP contribution in [0.15, 0.2) is 12.3 Å². The first kappa shape index (κ1) is 15.7. The number of nitrogens with one attached hydrogen (secondary N) is 1. The fourth-order valence-corrected chi connectivity index (χ4v) is 1.64. The smallest absolute Gasteiger partial charge is 0.253 e. The van der Waals surface area contributed by atoms with E-state index in [9.17, 15) is 4.79 Å². The van der Waals surface area contributed by atoms with Gasteiger partial charge in [0.15, 0.2) is 0 Å². The van der Waals surface area contributed by atoms with E-state index in [0.717, 1.165) is 0 Å². The molecule has 0 spiro atoms. The van der Waals surface area contributed by atoms with Crippen LogP contribution in [0, 0.1) is 5.92 Å². The first-order valence-corrected chi connectivity index (χ1v) is 6.63. The number of nitrogens with zero attached hydrogens (tertiary/aromatic N) is 1. The number of nitrogens with two attached hydrogens (primary N) is 1. The summed E-state index contributed by atoms with van der Waals surface area (Å²) in [4.78, 5) is 15.9. The number of hydrogen-bond donors (Lipinski definition) is 2. The van der Waals surface area contributed by atoms with Crippen molar-refractivity contribution in [3.63, 3.8) is 0 Å². The highest BCUT2D eigenvalue weighted by Crippen LogP contribution is 2.17. The van der Waals surface area contributed by atoms with Crippen LogP contribution in [0.5, 0.6) is 0 Å². The van der Waals surface area contributed by atoms with Crippen LogP contribution in [-0.2, 0) is 4.74 Å². The van der Waals surface area contributed by atoms with Crippen molar-refractivity contribution in [1.29, 1.82) is 0 Å². The number of anilines is 1. The van der Waals surface area contributed by atoms with E-state index in [0.29, 0.717) is 18.8 Å². The Morgan fingerprint density at radius 2 is 2.26 bits per heavy atom. The first-order valence-electron chi connectivity index (χ1n) is 6.25. The first-order chi connectivity index (χ1) is 8.95. The molecule has 5 nitrogen and oxygen atoms in total. The maximum absolute atomic E-state index is 12.1.